The summed E-state index contributed by atoms with van der Waals surface area (Å²) in [7, 11) is 0. The molecule has 2 rings (SSSR count). The molecule has 0 N–H and O–H groups in total. The lowest BCUT2D eigenvalue weighted by molar-refractivity contribution is -0.385. The number of aryl methyl sites for hydroxylation is 1. The molecule has 1 aliphatic heterocycles. The predicted octanol–water partition coefficient (Wildman–Crippen LogP) is 0.432. The second-order valence-electron chi connectivity index (χ2n) is 4.07. The van der Waals surface area contributed by atoms with Crippen LogP contribution in [-0.4, -0.2) is 52.5 Å². The fourth-order valence-corrected chi connectivity index (χ4v) is 1.87. The maximum atomic E-state index is 10.7. The highest BCUT2D eigenvalue weighted by atomic mass is 16.6. The van der Waals surface area contributed by atoms with Crippen molar-refractivity contribution in [2.75, 3.05) is 32.8 Å². The summed E-state index contributed by atoms with van der Waals surface area (Å²) in [5.41, 5.74) is 0.559. The zero-order valence-corrected chi connectivity index (χ0v) is 9.83. The van der Waals surface area contributed by atoms with Gasteiger partial charge in [0.1, 0.15) is 11.9 Å². The zero-order chi connectivity index (χ0) is 12.3. The first kappa shape index (κ1) is 12.0. The normalized spacial score (nSPS) is 17.2. The Morgan fingerprint density at radius 3 is 2.76 bits per heavy atom. The molecule has 1 aromatic rings. The molecule has 0 bridgehead atoms. The Morgan fingerprint density at radius 1 is 1.47 bits per heavy atom. The lowest BCUT2D eigenvalue weighted by Gasteiger charge is -2.26. The van der Waals surface area contributed by atoms with E-state index in [0.29, 0.717) is 12.2 Å². The average molecular weight is 240 g/mol. The SMILES string of the molecule is Cc1nn(CCN2CCOCC2)cc1[N+](=O)[O-]. The number of nitrogens with zero attached hydrogens (tertiary/aromatic N) is 4. The largest absolute Gasteiger partial charge is 0.379 e. The number of morpholine rings is 1. The summed E-state index contributed by atoms with van der Waals surface area (Å²) in [5.74, 6) is 0. The fourth-order valence-electron chi connectivity index (χ4n) is 1.87. The van der Waals surface area contributed by atoms with Crippen LogP contribution in [0.3, 0.4) is 0 Å². The van der Waals surface area contributed by atoms with Crippen molar-refractivity contribution in [2.24, 2.45) is 0 Å². The van der Waals surface area contributed by atoms with E-state index in [1.165, 1.54) is 6.20 Å². The van der Waals surface area contributed by atoms with Crippen LogP contribution in [0, 0.1) is 17.0 Å². The highest BCUT2D eigenvalue weighted by Crippen LogP contribution is 2.14. The van der Waals surface area contributed by atoms with E-state index >= 15 is 0 Å². The predicted molar refractivity (Wildman–Crippen MR) is 60.9 cm³/mol. The van der Waals surface area contributed by atoms with Crippen molar-refractivity contribution < 1.29 is 9.66 Å². The van der Waals surface area contributed by atoms with Crippen LogP contribution in [0.5, 0.6) is 0 Å². The van der Waals surface area contributed by atoms with Crippen molar-refractivity contribution in [2.45, 2.75) is 13.5 Å². The van der Waals surface area contributed by atoms with Crippen molar-refractivity contribution in [1.82, 2.24) is 14.7 Å². The molecule has 0 unspecified atom stereocenters. The quantitative estimate of drug-likeness (QED) is 0.563. The zero-order valence-electron chi connectivity index (χ0n) is 9.83. The highest BCUT2D eigenvalue weighted by Gasteiger charge is 2.16. The van der Waals surface area contributed by atoms with Gasteiger partial charge in [0.2, 0.25) is 0 Å². The molecule has 0 atom stereocenters. The molecule has 1 fully saturated rings. The average Bonchev–Trinajstić information content (AvgIpc) is 2.69. The van der Waals surface area contributed by atoms with E-state index in [1.807, 2.05) is 0 Å². The molecule has 1 aromatic heterocycles. The molecule has 94 valence electrons. The molecule has 0 aromatic carbocycles. The van der Waals surface area contributed by atoms with Gasteiger partial charge in [-0.3, -0.25) is 19.7 Å². The lowest BCUT2D eigenvalue weighted by Crippen LogP contribution is -2.38. The summed E-state index contributed by atoms with van der Waals surface area (Å²) in [4.78, 5) is 12.5. The summed E-state index contributed by atoms with van der Waals surface area (Å²) in [6, 6.07) is 0. The van der Waals surface area contributed by atoms with Crippen LogP contribution in [0.25, 0.3) is 0 Å². The first-order valence-corrected chi connectivity index (χ1v) is 5.65. The summed E-state index contributed by atoms with van der Waals surface area (Å²) in [5, 5.41) is 14.8. The first-order valence-electron chi connectivity index (χ1n) is 5.65. The molecule has 0 spiro atoms. The van der Waals surface area contributed by atoms with Crippen LogP contribution in [-0.2, 0) is 11.3 Å². The molecular weight excluding hydrogens is 224 g/mol. The van der Waals surface area contributed by atoms with E-state index in [2.05, 4.69) is 10.00 Å². The minimum Gasteiger partial charge on any atom is -0.379 e. The third-order valence-corrected chi connectivity index (χ3v) is 2.87. The number of nitro groups is 1. The summed E-state index contributed by atoms with van der Waals surface area (Å²) in [6.45, 7) is 6.54. The van der Waals surface area contributed by atoms with Crippen LogP contribution in [0.1, 0.15) is 5.69 Å². The minimum absolute atomic E-state index is 0.0898. The third kappa shape index (κ3) is 3.01. The maximum Gasteiger partial charge on any atom is 0.309 e. The molecule has 0 saturated carbocycles. The summed E-state index contributed by atoms with van der Waals surface area (Å²) >= 11 is 0. The number of hydrogen-bond donors (Lipinski definition) is 0. The van der Waals surface area contributed by atoms with Crippen LogP contribution < -0.4 is 0 Å². The van der Waals surface area contributed by atoms with Gasteiger partial charge in [-0.25, -0.2) is 0 Å². The Kier molecular flexibility index (Phi) is 3.70. The lowest BCUT2D eigenvalue weighted by atomic mass is 10.4. The molecule has 7 heteroatoms. The van der Waals surface area contributed by atoms with E-state index in [-0.39, 0.29) is 5.69 Å². The van der Waals surface area contributed by atoms with Gasteiger partial charge in [0.15, 0.2) is 0 Å². The Labute approximate surface area is 99.1 Å². The molecule has 1 saturated heterocycles. The Balaban J connectivity index is 1.90. The van der Waals surface area contributed by atoms with Crippen molar-refractivity contribution in [3.8, 4) is 0 Å². The van der Waals surface area contributed by atoms with Gasteiger partial charge in [-0.05, 0) is 6.92 Å². The number of ether oxygens (including phenoxy) is 1. The van der Waals surface area contributed by atoms with E-state index < -0.39 is 4.92 Å². The van der Waals surface area contributed by atoms with Gasteiger partial charge in [-0.15, -0.1) is 0 Å². The minimum atomic E-state index is -0.395. The van der Waals surface area contributed by atoms with E-state index in [1.54, 1.807) is 11.6 Å². The first-order chi connectivity index (χ1) is 8.16. The summed E-state index contributed by atoms with van der Waals surface area (Å²) in [6.07, 6.45) is 1.50. The number of rotatable bonds is 4. The van der Waals surface area contributed by atoms with Crippen molar-refractivity contribution >= 4 is 5.69 Å². The van der Waals surface area contributed by atoms with Gasteiger partial charge >= 0.3 is 5.69 Å². The number of hydrogen-bond acceptors (Lipinski definition) is 5. The smallest absolute Gasteiger partial charge is 0.309 e. The molecule has 17 heavy (non-hydrogen) atoms. The van der Waals surface area contributed by atoms with Gasteiger partial charge in [-0.2, -0.15) is 5.10 Å². The van der Waals surface area contributed by atoms with Gasteiger partial charge in [-0.1, -0.05) is 0 Å². The van der Waals surface area contributed by atoms with E-state index in [9.17, 15) is 10.1 Å². The Hall–Kier alpha value is -1.47. The van der Waals surface area contributed by atoms with Crippen molar-refractivity contribution in [1.29, 1.82) is 0 Å². The fraction of sp³-hybridized carbons (Fsp3) is 0.700. The number of aromatic nitrogens is 2. The van der Waals surface area contributed by atoms with Gasteiger partial charge in [0, 0.05) is 19.6 Å². The second kappa shape index (κ2) is 5.24. The molecule has 2 heterocycles. The van der Waals surface area contributed by atoms with E-state index in [0.717, 1.165) is 32.8 Å². The molecular formula is C10H16N4O3. The van der Waals surface area contributed by atoms with Crippen LogP contribution >= 0.6 is 0 Å². The van der Waals surface area contributed by atoms with Crippen LogP contribution in [0.4, 0.5) is 5.69 Å². The van der Waals surface area contributed by atoms with Crippen molar-refractivity contribution in [3.63, 3.8) is 0 Å². The van der Waals surface area contributed by atoms with Crippen LogP contribution in [0.2, 0.25) is 0 Å². The topological polar surface area (TPSA) is 73.4 Å². The second-order valence-corrected chi connectivity index (χ2v) is 4.07. The molecule has 0 amide bonds. The Bertz CT molecular complexity index is 398. The monoisotopic (exact) mass is 240 g/mol. The summed E-state index contributed by atoms with van der Waals surface area (Å²) < 4.78 is 6.89. The Morgan fingerprint density at radius 2 is 2.18 bits per heavy atom. The molecule has 0 aliphatic carbocycles. The molecule has 1 aliphatic rings. The molecule has 0 radical (unpaired) electrons. The molecule has 7 nitrogen and oxygen atoms in total. The highest BCUT2D eigenvalue weighted by molar-refractivity contribution is 5.30. The van der Waals surface area contributed by atoms with Gasteiger partial charge in [0.25, 0.3) is 0 Å². The third-order valence-electron chi connectivity index (χ3n) is 2.87. The van der Waals surface area contributed by atoms with E-state index in [4.69, 9.17) is 4.74 Å². The van der Waals surface area contributed by atoms with Crippen LogP contribution in [0.15, 0.2) is 6.20 Å². The van der Waals surface area contributed by atoms with Crippen molar-refractivity contribution in [3.05, 3.63) is 22.0 Å². The van der Waals surface area contributed by atoms with Gasteiger partial charge < -0.3 is 4.74 Å². The maximum absolute atomic E-state index is 10.7. The standard InChI is InChI=1S/C10H16N4O3/c1-9-10(14(15)16)8-13(11-9)3-2-12-4-6-17-7-5-12/h8H,2-7H2,1H3. The van der Waals surface area contributed by atoms with Gasteiger partial charge in [0.05, 0.1) is 24.7 Å².